The number of hydrogen-bond acceptors (Lipinski definition) is 5. The zero-order valence-electron chi connectivity index (χ0n) is 15.4. The number of rotatable bonds is 8. The lowest BCUT2D eigenvalue weighted by molar-refractivity contribution is -0.703. The molecule has 0 amide bonds. The average Bonchev–Trinajstić information content (AvgIpc) is 2.64. The third kappa shape index (κ3) is 5.61. The fourth-order valence-corrected chi connectivity index (χ4v) is 3.31. The number of esters is 1. The van der Waals surface area contributed by atoms with Gasteiger partial charge in [0.2, 0.25) is 0 Å². The van der Waals surface area contributed by atoms with Crippen LogP contribution in [-0.2, 0) is 4.74 Å². The fourth-order valence-electron chi connectivity index (χ4n) is 3.31. The van der Waals surface area contributed by atoms with Crippen LogP contribution in [0.4, 0.5) is 0 Å². The summed E-state index contributed by atoms with van der Waals surface area (Å²) < 4.78 is 15.6. The molecule has 1 aromatic rings. The maximum absolute atomic E-state index is 11.6. The van der Waals surface area contributed by atoms with Gasteiger partial charge < -0.3 is 24.6 Å². The van der Waals surface area contributed by atoms with Crippen molar-refractivity contribution in [1.82, 2.24) is 0 Å². The first-order chi connectivity index (χ1) is 12.0. The van der Waals surface area contributed by atoms with Gasteiger partial charge in [-0.1, -0.05) is 13.3 Å². The molecule has 1 fully saturated rings. The molecule has 0 bridgehead atoms. The van der Waals surface area contributed by atoms with E-state index in [1.54, 1.807) is 18.2 Å². The molecule has 25 heavy (non-hydrogen) atoms. The highest BCUT2D eigenvalue weighted by Gasteiger charge is 2.25. The molecule has 6 heteroatoms. The van der Waals surface area contributed by atoms with Crippen molar-refractivity contribution < 1.29 is 29.4 Å². The Morgan fingerprint density at radius 2 is 2.04 bits per heavy atom. The zero-order chi connectivity index (χ0) is 18.2. The largest absolute Gasteiger partial charge is 0.493 e. The highest BCUT2D eigenvalue weighted by atomic mass is 16.5. The van der Waals surface area contributed by atoms with Crippen molar-refractivity contribution in [1.29, 1.82) is 0 Å². The van der Waals surface area contributed by atoms with Crippen molar-refractivity contribution in [3.63, 3.8) is 0 Å². The molecule has 0 saturated heterocycles. The first kappa shape index (κ1) is 19.5. The molecule has 1 saturated carbocycles. The van der Waals surface area contributed by atoms with Crippen molar-refractivity contribution in [3.05, 3.63) is 23.8 Å². The number of hydrogen-bond donors (Lipinski definition) is 2. The second-order valence-corrected chi connectivity index (χ2v) is 6.72. The molecule has 3 N–H and O–H groups in total. The van der Waals surface area contributed by atoms with Gasteiger partial charge in [-0.15, -0.1) is 0 Å². The molecule has 0 radical (unpaired) electrons. The summed E-state index contributed by atoms with van der Waals surface area (Å²) in [5.74, 6) is 1.22. The van der Waals surface area contributed by atoms with Gasteiger partial charge >= 0.3 is 5.97 Å². The predicted molar refractivity (Wildman–Crippen MR) is 94.0 cm³/mol. The Morgan fingerprint density at radius 1 is 1.28 bits per heavy atom. The molecule has 3 atom stereocenters. The van der Waals surface area contributed by atoms with E-state index in [0.717, 1.165) is 0 Å². The van der Waals surface area contributed by atoms with Crippen molar-refractivity contribution in [2.45, 2.75) is 44.8 Å². The second kappa shape index (κ2) is 9.63. The first-order valence-electron chi connectivity index (χ1n) is 8.95. The van der Waals surface area contributed by atoms with Crippen LogP contribution in [0, 0.1) is 5.92 Å². The Kier molecular flexibility index (Phi) is 7.52. The molecule has 2 rings (SSSR count). The van der Waals surface area contributed by atoms with Crippen LogP contribution in [0.2, 0.25) is 0 Å². The summed E-state index contributed by atoms with van der Waals surface area (Å²) in [7, 11) is 2.84. The minimum absolute atomic E-state index is 0.186. The van der Waals surface area contributed by atoms with Crippen LogP contribution in [0.1, 0.15) is 43.0 Å². The predicted octanol–water partition coefficient (Wildman–Crippen LogP) is 1.36. The third-order valence-corrected chi connectivity index (χ3v) is 4.90. The maximum Gasteiger partial charge on any atom is 0.337 e. The molecular formula is C19H30NO5+. The van der Waals surface area contributed by atoms with Crippen molar-refractivity contribution in [2.75, 3.05) is 27.4 Å². The number of aliphatic hydroxyl groups excluding tert-OH is 1. The average molecular weight is 352 g/mol. The number of methoxy groups -OCH3 is 2. The summed E-state index contributed by atoms with van der Waals surface area (Å²) in [6, 6.07) is 5.44. The minimum Gasteiger partial charge on any atom is -0.493 e. The Hall–Kier alpha value is -1.79. The molecule has 6 nitrogen and oxygen atoms in total. The number of ether oxygens (including phenoxy) is 3. The third-order valence-electron chi connectivity index (χ3n) is 4.90. The van der Waals surface area contributed by atoms with Crippen molar-refractivity contribution in [2.24, 2.45) is 5.92 Å². The summed E-state index contributed by atoms with van der Waals surface area (Å²) in [5, 5.41) is 12.4. The molecule has 140 valence electrons. The SMILES string of the molecule is COC(=O)c1ccc(OC[C@@H](O)C[NH2+][C@H]2CCCC[C@@H]2C)c(OC)c1. The standard InChI is InChI=1S/C19H29NO5/c1-13-6-4-5-7-16(13)20-11-15(21)12-25-17-9-8-14(19(22)24-3)10-18(17)23-2/h8-10,13,15-16,20-21H,4-7,11-12H2,1-3H3/p+1/t13-,15-,16-/m0/s1. The summed E-state index contributed by atoms with van der Waals surface area (Å²) >= 11 is 0. The zero-order valence-corrected chi connectivity index (χ0v) is 15.4. The van der Waals surface area contributed by atoms with E-state index in [2.05, 4.69) is 12.2 Å². The van der Waals surface area contributed by atoms with Crippen LogP contribution in [0.3, 0.4) is 0 Å². The number of carbonyl (C=O) groups excluding carboxylic acids is 1. The van der Waals surface area contributed by atoms with Crippen molar-refractivity contribution in [3.8, 4) is 11.5 Å². The molecule has 1 aliphatic rings. The normalized spacial score (nSPS) is 21.4. The molecule has 0 heterocycles. The number of aliphatic hydroxyl groups is 1. The number of quaternary nitrogens is 1. The van der Waals surface area contributed by atoms with E-state index in [4.69, 9.17) is 14.2 Å². The first-order valence-corrected chi connectivity index (χ1v) is 8.95. The van der Waals surface area contributed by atoms with Crippen LogP contribution in [0.15, 0.2) is 18.2 Å². The van der Waals surface area contributed by atoms with Crippen molar-refractivity contribution >= 4 is 5.97 Å². The molecule has 1 aromatic carbocycles. The van der Waals surface area contributed by atoms with Gasteiger partial charge in [0.25, 0.3) is 0 Å². The van der Waals surface area contributed by atoms with Crippen LogP contribution in [0.25, 0.3) is 0 Å². The van der Waals surface area contributed by atoms with E-state index >= 15 is 0 Å². The number of carbonyl (C=O) groups is 1. The number of nitrogens with two attached hydrogens (primary N) is 1. The van der Waals surface area contributed by atoms with E-state index in [9.17, 15) is 9.90 Å². The Morgan fingerprint density at radius 3 is 2.72 bits per heavy atom. The fraction of sp³-hybridized carbons (Fsp3) is 0.632. The molecule has 0 spiro atoms. The van der Waals surface area contributed by atoms with Gasteiger partial charge in [0.1, 0.15) is 19.3 Å². The van der Waals surface area contributed by atoms with E-state index in [1.165, 1.54) is 39.9 Å². The molecule has 0 aromatic heterocycles. The van der Waals surface area contributed by atoms with Gasteiger partial charge in [0.15, 0.2) is 11.5 Å². The Balaban J connectivity index is 1.84. The van der Waals surface area contributed by atoms with Crippen LogP contribution in [0.5, 0.6) is 11.5 Å². The lowest BCUT2D eigenvalue weighted by atomic mass is 9.86. The molecule has 0 aliphatic heterocycles. The monoisotopic (exact) mass is 352 g/mol. The van der Waals surface area contributed by atoms with Crippen LogP contribution >= 0.6 is 0 Å². The van der Waals surface area contributed by atoms with E-state index in [0.29, 0.717) is 35.6 Å². The van der Waals surface area contributed by atoms with Gasteiger partial charge in [0.05, 0.1) is 25.8 Å². The minimum atomic E-state index is -0.556. The maximum atomic E-state index is 11.6. The van der Waals surface area contributed by atoms with Crippen LogP contribution < -0.4 is 14.8 Å². The summed E-state index contributed by atoms with van der Waals surface area (Å²) in [5.41, 5.74) is 0.395. The summed E-state index contributed by atoms with van der Waals surface area (Å²) in [6.07, 6.45) is 4.54. The molecule has 0 unspecified atom stereocenters. The highest BCUT2D eigenvalue weighted by molar-refractivity contribution is 5.90. The van der Waals surface area contributed by atoms with E-state index < -0.39 is 12.1 Å². The number of benzene rings is 1. The lowest BCUT2D eigenvalue weighted by Crippen LogP contribution is -2.93. The van der Waals surface area contributed by atoms with Gasteiger partial charge in [-0.25, -0.2) is 4.79 Å². The van der Waals surface area contributed by atoms with E-state index in [1.807, 2.05) is 0 Å². The van der Waals surface area contributed by atoms with E-state index in [-0.39, 0.29) is 6.61 Å². The molecular weight excluding hydrogens is 322 g/mol. The lowest BCUT2D eigenvalue weighted by Gasteiger charge is -2.27. The van der Waals surface area contributed by atoms with Gasteiger partial charge in [-0.05, 0) is 37.5 Å². The second-order valence-electron chi connectivity index (χ2n) is 6.72. The Labute approximate surface area is 149 Å². The smallest absolute Gasteiger partial charge is 0.337 e. The highest BCUT2D eigenvalue weighted by Crippen LogP contribution is 2.28. The van der Waals surface area contributed by atoms with Gasteiger partial charge in [-0.2, -0.15) is 0 Å². The Bertz CT molecular complexity index is 563. The quantitative estimate of drug-likeness (QED) is 0.691. The van der Waals surface area contributed by atoms with Gasteiger partial charge in [0, 0.05) is 5.92 Å². The van der Waals surface area contributed by atoms with Crippen LogP contribution in [-0.4, -0.2) is 50.6 Å². The topological polar surface area (TPSA) is 81.6 Å². The molecule has 1 aliphatic carbocycles. The summed E-state index contributed by atoms with van der Waals surface area (Å²) in [4.78, 5) is 11.6. The summed E-state index contributed by atoms with van der Waals surface area (Å²) in [6.45, 7) is 3.10. The van der Waals surface area contributed by atoms with Gasteiger partial charge in [-0.3, -0.25) is 0 Å².